The number of hydrogen-bond acceptors (Lipinski definition) is 5. The van der Waals surface area contributed by atoms with Gasteiger partial charge in [-0.3, -0.25) is 14.3 Å². The number of para-hydroxylation sites is 1. The molecule has 0 saturated heterocycles. The van der Waals surface area contributed by atoms with Crippen molar-refractivity contribution in [3.05, 3.63) is 70.5 Å². The first-order valence-corrected chi connectivity index (χ1v) is 9.51. The Morgan fingerprint density at radius 1 is 1.21 bits per heavy atom. The lowest BCUT2D eigenvalue weighted by Crippen LogP contribution is -2.35. The van der Waals surface area contributed by atoms with Crippen LogP contribution in [-0.4, -0.2) is 48.3 Å². The van der Waals surface area contributed by atoms with E-state index in [-0.39, 0.29) is 23.8 Å². The molecule has 0 aliphatic rings. The number of benzene rings is 2. The van der Waals surface area contributed by atoms with Gasteiger partial charge in [0.2, 0.25) is 11.3 Å². The van der Waals surface area contributed by atoms with Crippen LogP contribution in [0.25, 0.3) is 10.9 Å². The standard InChI is InChI=1S/C22H26N4O3/c1-25(2)20(16-7-6-8-17(13-16)29-3)14-23-22(28)11-12-26-19-10-5-4-9-18(19)21(27)15-24-26/h4-10,13,15,20H,11-12,14H2,1-3H3,(H,23,28). The van der Waals surface area contributed by atoms with Gasteiger partial charge in [0.25, 0.3) is 0 Å². The highest BCUT2D eigenvalue weighted by atomic mass is 16.5. The van der Waals surface area contributed by atoms with Crippen LogP contribution in [0.4, 0.5) is 0 Å². The predicted octanol–water partition coefficient (Wildman–Crippen LogP) is 2.21. The number of ether oxygens (including phenoxy) is 1. The van der Waals surface area contributed by atoms with E-state index in [1.807, 2.05) is 56.6 Å². The smallest absolute Gasteiger partial charge is 0.221 e. The summed E-state index contributed by atoms with van der Waals surface area (Å²) in [6.45, 7) is 0.885. The van der Waals surface area contributed by atoms with E-state index < -0.39 is 0 Å². The third kappa shape index (κ3) is 5.00. The Hall–Kier alpha value is -3.19. The number of carbonyl (C=O) groups excluding carboxylic acids is 1. The maximum absolute atomic E-state index is 12.4. The van der Waals surface area contributed by atoms with Crippen LogP contribution in [0.1, 0.15) is 18.0 Å². The molecule has 1 amide bonds. The summed E-state index contributed by atoms with van der Waals surface area (Å²) in [6.07, 6.45) is 1.57. The first-order chi connectivity index (χ1) is 14.0. The van der Waals surface area contributed by atoms with Gasteiger partial charge in [0.05, 0.1) is 31.4 Å². The number of rotatable bonds is 8. The number of likely N-dealkylation sites (N-methyl/N-ethyl adjacent to an activating group) is 1. The fourth-order valence-corrected chi connectivity index (χ4v) is 3.29. The van der Waals surface area contributed by atoms with E-state index in [1.165, 1.54) is 6.20 Å². The van der Waals surface area contributed by atoms with Crippen molar-refractivity contribution in [1.82, 2.24) is 20.0 Å². The molecule has 0 saturated carbocycles. The summed E-state index contributed by atoms with van der Waals surface area (Å²) in [5.41, 5.74) is 1.69. The van der Waals surface area contributed by atoms with E-state index in [0.717, 1.165) is 16.8 Å². The number of carbonyl (C=O) groups is 1. The summed E-state index contributed by atoms with van der Waals surface area (Å²) in [5.74, 6) is 0.723. The fourth-order valence-electron chi connectivity index (χ4n) is 3.29. The number of aromatic nitrogens is 2. The molecule has 2 aromatic carbocycles. The Bertz CT molecular complexity index is 1050. The molecule has 1 atom stereocenters. The summed E-state index contributed by atoms with van der Waals surface area (Å²) >= 11 is 0. The lowest BCUT2D eigenvalue weighted by atomic mass is 10.1. The Kier molecular flexibility index (Phi) is 6.61. The SMILES string of the molecule is COc1cccc(C(CNC(=O)CCn2ncc(=O)c3ccccc32)N(C)C)c1. The molecule has 1 heterocycles. The molecule has 152 valence electrons. The van der Waals surface area contributed by atoms with Crippen LogP contribution in [0, 0.1) is 0 Å². The van der Waals surface area contributed by atoms with Crippen LogP contribution in [-0.2, 0) is 11.3 Å². The largest absolute Gasteiger partial charge is 0.497 e. The number of aryl methyl sites for hydroxylation is 1. The van der Waals surface area contributed by atoms with E-state index in [2.05, 4.69) is 15.3 Å². The Balaban J connectivity index is 1.63. The van der Waals surface area contributed by atoms with Gasteiger partial charge in [-0.2, -0.15) is 5.10 Å². The minimum absolute atomic E-state index is 0.0282. The molecule has 0 radical (unpaired) electrons. The van der Waals surface area contributed by atoms with Crippen LogP contribution in [0.2, 0.25) is 0 Å². The molecule has 3 rings (SSSR count). The summed E-state index contributed by atoms with van der Waals surface area (Å²) in [6, 6.07) is 15.2. The van der Waals surface area contributed by atoms with Crippen LogP contribution >= 0.6 is 0 Å². The number of nitrogens with one attached hydrogen (secondary N) is 1. The lowest BCUT2D eigenvalue weighted by Gasteiger charge is -2.25. The van der Waals surface area contributed by atoms with Gasteiger partial charge >= 0.3 is 0 Å². The molecule has 1 aromatic heterocycles. The molecule has 7 nitrogen and oxygen atoms in total. The van der Waals surface area contributed by atoms with Crippen molar-refractivity contribution in [2.75, 3.05) is 27.7 Å². The molecule has 0 fully saturated rings. The second-order valence-electron chi connectivity index (χ2n) is 7.06. The molecule has 7 heteroatoms. The van der Waals surface area contributed by atoms with Crippen molar-refractivity contribution < 1.29 is 9.53 Å². The zero-order valence-electron chi connectivity index (χ0n) is 17.0. The van der Waals surface area contributed by atoms with Crippen LogP contribution < -0.4 is 15.5 Å². The first kappa shape index (κ1) is 20.5. The normalized spacial score (nSPS) is 12.1. The van der Waals surface area contributed by atoms with E-state index >= 15 is 0 Å². The van der Waals surface area contributed by atoms with Crippen molar-refractivity contribution in [2.24, 2.45) is 0 Å². The van der Waals surface area contributed by atoms with Crippen LogP contribution in [0.3, 0.4) is 0 Å². The van der Waals surface area contributed by atoms with Gasteiger partial charge < -0.3 is 15.0 Å². The zero-order valence-corrected chi connectivity index (χ0v) is 17.0. The van der Waals surface area contributed by atoms with Crippen LogP contribution in [0.15, 0.2) is 59.5 Å². The first-order valence-electron chi connectivity index (χ1n) is 9.51. The molecular formula is C22H26N4O3. The van der Waals surface area contributed by atoms with Crippen molar-refractivity contribution in [1.29, 1.82) is 0 Å². The molecule has 0 spiro atoms. The number of nitrogens with zero attached hydrogens (tertiary/aromatic N) is 3. The number of hydrogen-bond donors (Lipinski definition) is 1. The average Bonchev–Trinajstić information content (AvgIpc) is 2.73. The molecular weight excluding hydrogens is 368 g/mol. The molecule has 0 aliphatic carbocycles. The molecule has 29 heavy (non-hydrogen) atoms. The molecule has 0 bridgehead atoms. The summed E-state index contributed by atoms with van der Waals surface area (Å²) in [5, 5.41) is 7.78. The summed E-state index contributed by atoms with van der Waals surface area (Å²) in [7, 11) is 5.60. The maximum atomic E-state index is 12.4. The predicted molar refractivity (Wildman–Crippen MR) is 113 cm³/mol. The Morgan fingerprint density at radius 2 is 2.00 bits per heavy atom. The quantitative estimate of drug-likeness (QED) is 0.634. The number of amides is 1. The van der Waals surface area contributed by atoms with Gasteiger partial charge in [-0.05, 0) is 43.9 Å². The zero-order chi connectivity index (χ0) is 20.8. The second kappa shape index (κ2) is 9.34. The van der Waals surface area contributed by atoms with Gasteiger partial charge in [0.1, 0.15) is 5.75 Å². The second-order valence-corrected chi connectivity index (χ2v) is 7.06. The minimum Gasteiger partial charge on any atom is -0.497 e. The van der Waals surface area contributed by atoms with Crippen molar-refractivity contribution >= 4 is 16.8 Å². The van der Waals surface area contributed by atoms with E-state index in [4.69, 9.17) is 4.74 Å². The topological polar surface area (TPSA) is 76.5 Å². The summed E-state index contributed by atoms with van der Waals surface area (Å²) in [4.78, 5) is 26.4. The molecule has 1 N–H and O–H groups in total. The third-order valence-corrected chi connectivity index (χ3v) is 4.91. The fraction of sp³-hybridized carbons (Fsp3) is 0.318. The van der Waals surface area contributed by atoms with Gasteiger partial charge in [0.15, 0.2) is 0 Å². The van der Waals surface area contributed by atoms with Crippen molar-refractivity contribution in [2.45, 2.75) is 19.0 Å². The molecule has 1 unspecified atom stereocenters. The number of fused-ring (bicyclic) bond motifs is 1. The summed E-state index contributed by atoms with van der Waals surface area (Å²) < 4.78 is 7.00. The van der Waals surface area contributed by atoms with E-state index in [1.54, 1.807) is 17.9 Å². The number of methoxy groups -OCH3 is 1. The highest BCUT2D eigenvalue weighted by Gasteiger charge is 2.16. The van der Waals surface area contributed by atoms with Gasteiger partial charge in [-0.25, -0.2) is 0 Å². The van der Waals surface area contributed by atoms with Crippen molar-refractivity contribution in [3.8, 4) is 5.75 Å². The van der Waals surface area contributed by atoms with E-state index in [9.17, 15) is 9.59 Å². The van der Waals surface area contributed by atoms with Gasteiger partial charge in [-0.1, -0.05) is 24.3 Å². The highest BCUT2D eigenvalue weighted by molar-refractivity contribution is 5.79. The van der Waals surface area contributed by atoms with Gasteiger partial charge in [-0.15, -0.1) is 0 Å². The average molecular weight is 394 g/mol. The monoisotopic (exact) mass is 394 g/mol. The maximum Gasteiger partial charge on any atom is 0.221 e. The third-order valence-electron chi connectivity index (χ3n) is 4.91. The van der Waals surface area contributed by atoms with E-state index in [0.29, 0.717) is 18.5 Å². The highest BCUT2D eigenvalue weighted by Crippen LogP contribution is 2.22. The molecule has 3 aromatic rings. The Labute approximate surface area is 169 Å². The Morgan fingerprint density at radius 3 is 2.76 bits per heavy atom. The van der Waals surface area contributed by atoms with Crippen molar-refractivity contribution in [3.63, 3.8) is 0 Å². The molecule has 0 aliphatic heterocycles. The van der Waals surface area contributed by atoms with Gasteiger partial charge in [0, 0.05) is 18.4 Å². The van der Waals surface area contributed by atoms with Crippen LogP contribution in [0.5, 0.6) is 5.75 Å². The lowest BCUT2D eigenvalue weighted by molar-refractivity contribution is -0.121. The minimum atomic E-state index is -0.117.